The monoisotopic (exact) mass is 465 g/mol. The maximum atomic E-state index is 13.2. The predicted octanol–water partition coefficient (Wildman–Crippen LogP) is 3.86. The fourth-order valence-corrected chi connectivity index (χ4v) is 6.64. The average Bonchev–Trinajstić information content (AvgIpc) is 3.31. The highest BCUT2D eigenvalue weighted by Gasteiger charge is 2.30. The summed E-state index contributed by atoms with van der Waals surface area (Å²) in [5.74, 6) is -0.600. The first kappa shape index (κ1) is 21.1. The number of thiazole rings is 1. The minimum Gasteiger partial charge on any atom is -0.337 e. The minimum atomic E-state index is -3.73. The van der Waals surface area contributed by atoms with Crippen molar-refractivity contribution >= 4 is 38.6 Å². The molecule has 1 aliphatic rings. The normalized spacial score (nSPS) is 15.9. The van der Waals surface area contributed by atoms with Gasteiger partial charge in [0.2, 0.25) is 10.0 Å². The second kappa shape index (κ2) is 8.54. The summed E-state index contributed by atoms with van der Waals surface area (Å²) in [6.45, 7) is 3.10. The number of aromatic nitrogens is 1. The molecule has 0 unspecified atom stereocenters. The molecule has 1 amide bonds. The van der Waals surface area contributed by atoms with Gasteiger partial charge in [-0.2, -0.15) is 4.31 Å². The van der Waals surface area contributed by atoms with Crippen LogP contribution in [0.25, 0.3) is 9.88 Å². The second-order valence-corrected chi connectivity index (χ2v) is 10.8. The van der Waals surface area contributed by atoms with Gasteiger partial charge in [0.15, 0.2) is 0 Å². The summed E-state index contributed by atoms with van der Waals surface area (Å²) in [6.07, 6.45) is 0.530. The van der Waals surface area contributed by atoms with Crippen LogP contribution in [0.3, 0.4) is 0 Å². The largest absolute Gasteiger partial charge is 0.337 e. The Balaban J connectivity index is 1.49. The molecule has 1 aromatic carbocycles. The number of aryl methyl sites for hydroxylation is 1. The molecule has 0 bridgehead atoms. The lowest BCUT2D eigenvalue weighted by atomic mass is 10.3. The number of nitrogens with zero attached hydrogens (tertiary/aromatic N) is 3. The third-order valence-corrected chi connectivity index (χ3v) is 9.01. The molecule has 3 aromatic rings. The molecule has 0 N–H and O–H groups in total. The van der Waals surface area contributed by atoms with Crippen molar-refractivity contribution in [3.63, 3.8) is 0 Å². The molecule has 1 saturated heterocycles. The number of halogens is 1. The molecule has 1 fully saturated rings. The summed E-state index contributed by atoms with van der Waals surface area (Å²) in [6, 6.07) is 8.73. The first-order valence-electron chi connectivity index (χ1n) is 9.42. The van der Waals surface area contributed by atoms with Crippen molar-refractivity contribution in [2.24, 2.45) is 0 Å². The van der Waals surface area contributed by atoms with Crippen molar-refractivity contribution < 1.29 is 17.6 Å². The van der Waals surface area contributed by atoms with Gasteiger partial charge in [0.05, 0.1) is 15.5 Å². The first-order chi connectivity index (χ1) is 14.4. The van der Waals surface area contributed by atoms with Gasteiger partial charge in [0.25, 0.3) is 5.91 Å². The Morgan fingerprint density at radius 1 is 1.10 bits per heavy atom. The number of amides is 1. The highest BCUT2D eigenvalue weighted by Crippen LogP contribution is 2.32. The number of hydrogen-bond donors (Lipinski definition) is 0. The average molecular weight is 466 g/mol. The molecule has 10 heteroatoms. The van der Waals surface area contributed by atoms with Gasteiger partial charge in [0, 0.05) is 26.2 Å². The molecule has 0 radical (unpaired) electrons. The highest BCUT2D eigenvalue weighted by molar-refractivity contribution is 7.89. The van der Waals surface area contributed by atoms with Crippen LogP contribution >= 0.6 is 22.7 Å². The van der Waals surface area contributed by atoms with Crippen molar-refractivity contribution in [1.82, 2.24) is 14.2 Å². The van der Waals surface area contributed by atoms with Crippen molar-refractivity contribution in [2.45, 2.75) is 18.2 Å². The molecular weight excluding hydrogens is 445 g/mol. The quantitative estimate of drug-likeness (QED) is 0.587. The van der Waals surface area contributed by atoms with Gasteiger partial charge in [-0.25, -0.2) is 17.8 Å². The van der Waals surface area contributed by atoms with E-state index in [-0.39, 0.29) is 17.3 Å². The molecule has 6 nitrogen and oxygen atoms in total. The molecule has 2 aromatic heterocycles. The van der Waals surface area contributed by atoms with Crippen molar-refractivity contribution in [3.8, 4) is 9.88 Å². The van der Waals surface area contributed by atoms with E-state index < -0.39 is 15.8 Å². The van der Waals surface area contributed by atoms with Gasteiger partial charge in [-0.3, -0.25) is 4.79 Å². The van der Waals surface area contributed by atoms with Crippen LogP contribution in [-0.2, 0) is 10.0 Å². The molecule has 0 saturated carbocycles. The Labute approximate surface area is 182 Å². The van der Waals surface area contributed by atoms with Crippen LogP contribution in [0.4, 0.5) is 4.39 Å². The third-order valence-electron chi connectivity index (χ3n) is 4.92. The predicted molar refractivity (Wildman–Crippen MR) is 116 cm³/mol. The van der Waals surface area contributed by atoms with Gasteiger partial charge in [-0.05, 0) is 49.1 Å². The first-order valence-corrected chi connectivity index (χ1v) is 12.6. The zero-order valence-corrected chi connectivity index (χ0v) is 18.7. The maximum absolute atomic E-state index is 13.2. The smallest absolute Gasteiger partial charge is 0.265 e. The molecule has 3 heterocycles. The van der Waals surface area contributed by atoms with Crippen molar-refractivity contribution in [3.05, 3.63) is 58.2 Å². The number of benzene rings is 1. The Kier molecular flexibility index (Phi) is 6.01. The van der Waals surface area contributed by atoms with Gasteiger partial charge in [-0.1, -0.05) is 6.07 Å². The van der Waals surface area contributed by atoms with Crippen LogP contribution in [0.2, 0.25) is 0 Å². The molecular formula is C20H20FN3O3S3. The summed E-state index contributed by atoms with van der Waals surface area (Å²) >= 11 is 2.95. The Morgan fingerprint density at radius 3 is 2.57 bits per heavy atom. The van der Waals surface area contributed by atoms with Crippen LogP contribution < -0.4 is 0 Å². The van der Waals surface area contributed by atoms with Gasteiger partial charge in [0.1, 0.15) is 15.7 Å². The van der Waals surface area contributed by atoms with E-state index in [0.29, 0.717) is 36.6 Å². The summed E-state index contributed by atoms with van der Waals surface area (Å²) in [7, 11) is -3.73. The SMILES string of the molecule is Cc1nc(-c2cccs2)sc1C(=O)N1CCCN(S(=O)(=O)c2ccc(F)cc2)CC1. The lowest BCUT2D eigenvalue weighted by molar-refractivity contribution is 0.0768. The van der Waals surface area contributed by atoms with Crippen LogP contribution in [0.15, 0.2) is 46.7 Å². The molecule has 0 atom stereocenters. The Bertz CT molecular complexity index is 1140. The Morgan fingerprint density at radius 2 is 1.87 bits per heavy atom. The van der Waals surface area contributed by atoms with E-state index in [9.17, 15) is 17.6 Å². The number of thiophene rings is 1. The number of rotatable bonds is 4. The molecule has 0 aliphatic carbocycles. The second-order valence-electron chi connectivity index (χ2n) is 6.91. The van der Waals surface area contributed by atoms with Crippen molar-refractivity contribution in [2.75, 3.05) is 26.2 Å². The fourth-order valence-electron chi connectivity index (χ4n) is 3.34. The van der Waals surface area contributed by atoms with E-state index in [1.165, 1.54) is 27.8 Å². The van der Waals surface area contributed by atoms with E-state index >= 15 is 0 Å². The highest BCUT2D eigenvalue weighted by atomic mass is 32.2. The topological polar surface area (TPSA) is 70.6 Å². The standard InChI is InChI=1S/C20H20FN3O3S3/c1-14-18(29-19(22-14)17-4-2-13-28-17)20(25)23-9-3-10-24(12-11-23)30(26,27)16-7-5-15(21)6-8-16/h2,4-8,13H,3,9-12H2,1H3. The zero-order valence-electron chi connectivity index (χ0n) is 16.2. The van der Waals surface area contributed by atoms with Crippen LogP contribution in [0.5, 0.6) is 0 Å². The van der Waals surface area contributed by atoms with Gasteiger partial charge in [-0.15, -0.1) is 22.7 Å². The van der Waals surface area contributed by atoms with E-state index in [2.05, 4.69) is 4.98 Å². The molecule has 0 spiro atoms. The van der Waals surface area contributed by atoms with Crippen LogP contribution in [0, 0.1) is 12.7 Å². The van der Waals surface area contributed by atoms with Crippen molar-refractivity contribution in [1.29, 1.82) is 0 Å². The minimum absolute atomic E-state index is 0.0579. The maximum Gasteiger partial charge on any atom is 0.265 e. The molecule has 30 heavy (non-hydrogen) atoms. The summed E-state index contributed by atoms with van der Waals surface area (Å²) < 4.78 is 40.3. The zero-order chi connectivity index (χ0) is 21.3. The fraction of sp³-hybridized carbons (Fsp3) is 0.300. The number of carbonyl (C=O) groups is 1. The number of sulfonamides is 1. The van der Waals surface area contributed by atoms with E-state index in [4.69, 9.17) is 0 Å². The van der Waals surface area contributed by atoms with Crippen LogP contribution in [-0.4, -0.2) is 54.7 Å². The van der Waals surface area contributed by atoms with Gasteiger partial charge >= 0.3 is 0 Å². The number of carbonyl (C=O) groups excluding carboxylic acids is 1. The lowest BCUT2D eigenvalue weighted by Crippen LogP contribution is -2.37. The van der Waals surface area contributed by atoms with Gasteiger partial charge < -0.3 is 4.90 Å². The third kappa shape index (κ3) is 4.18. The summed E-state index contributed by atoms with van der Waals surface area (Å²) in [5.41, 5.74) is 0.688. The Hall–Kier alpha value is -2.14. The van der Waals surface area contributed by atoms with E-state index in [1.807, 2.05) is 24.4 Å². The van der Waals surface area contributed by atoms with E-state index in [1.54, 1.807) is 16.2 Å². The molecule has 158 valence electrons. The van der Waals surface area contributed by atoms with E-state index in [0.717, 1.165) is 22.0 Å². The molecule has 1 aliphatic heterocycles. The number of hydrogen-bond acceptors (Lipinski definition) is 6. The summed E-state index contributed by atoms with van der Waals surface area (Å²) in [5, 5.41) is 2.79. The summed E-state index contributed by atoms with van der Waals surface area (Å²) in [4.78, 5) is 21.0. The van der Waals surface area contributed by atoms with Crippen LogP contribution in [0.1, 0.15) is 21.8 Å². The molecule has 4 rings (SSSR count). The lowest BCUT2D eigenvalue weighted by Gasteiger charge is -2.21.